The van der Waals surface area contributed by atoms with Gasteiger partial charge in [0.1, 0.15) is 31.8 Å². The summed E-state index contributed by atoms with van der Waals surface area (Å²) in [5.74, 6) is -1.90. The average molecular weight is 781 g/mol. The molecule has 4 unspecified atom stereocenters. The SMILES string of the molecule is O=C(NC1CCS(=O)(=O)C1)OCC(COC(=O)NC1CCS(=O)(=O)C1)(COC(=O)NC1CCS(=O)(=O)C1)COC(=O)NC1CCS(=O)(=O)C1. The van der Waals surface area contributed by atoms with Crippen LogP contribution in [-0.2, 0) is 58.3 Å². The first-order chi connectivity index (χ1) is 22.7. The van der Waals surface area contributed by atoms with Crippen LogP contribution in [0.1, 0.15) is 25.7 Å². The summed E-state index contributed by atoms with van der Waals surface area (Å²) in [6, 6.07) is -3.03. The summed E-state index contributed by atoms with van der Waals surface area (Å²) in [6.45, 7) is -3.00. The smallest absolute Gasteiger partial charge is 0.407 e. The zero-order valence-electron chi connectivity index (χ0n) is 26.3. The van der Waals surface area contributed by atoms with Crippen LogP contribution in [-0.4, -0.2) is 155 Å². The van der Waals surface area contributed by atoms with Crippen molar-refractivity contribution in [1.29, 1.82) is 0 Å². The Balaban J connectivity index is 1.47. The van der Waals surface area contributed by atoms with Gasteiger partial charge in [-0.05, 0) is 25.7 Å². The van der Waals surface area contributed by atoms with Crippen molar-refractivity contribution in [3.63, 3.8) is 0 Å². The fraction of sp³-hybridized carbons (Fsp3) is 0.840. The highest BCUT2D eigenvalue weighted by atomic mass is 32.2. The van der Waals surface area contributed by atoms with Gasteiger partial charge in [0.25, 0.3) is 0 Å². The van der Waals surface area contributed by atoms with Gasteiger partial charge in [0.2, 0.25) is 0 Å². The van der Waals surface area contributed by atoms with E-state index in [1.54, 1.807) is 0 Å². The van der Waals surface area contributed by atoms with Crippen molar-refractivity contribution in [1.82, 2.24) is 21.3 Å². The Morgan fingerprint density at radius 2 is 0.633 bits per heavy atom. The van der Waals surface area contributed by atoms with Crippen LogP contribution >= 0.6 is 0 Å². The fourth-order valence-electron chi connectivity index (χ4n) is 5.59. The number of carbonyl (C=O) groups excluding carboxylic acids is 4. The van der Waals surface area contributed by atoms with Gasteiger partial charge in [-0.1, -0.05) is 0 Å². The third-order valence-corrected chi connectivity index (χ3v) is 15.3. The maximum atomic E-state index is 12.7. The van der Waals surface area contributed by atoms with E-state index in [4.69, 9.17) is 18.9 Å². The van der Waals surface area contributed by atoms with Crippen molar-refractivity contribution in [2.75, 3.05) is 72.5 Å². The number of ether oxygens (including phenoxy) is 4. The summed E-state index contributed by atoms with van der Waals surface area (Å²) < 4.78 is 116. The Morgan fingerprint density at radius 1 is 0.429 bits per heavy atom. The molecule has 0 spiro atoms. The first-order valence-electron chi connectivity index (χ1n) is 15.3. The number of rotatable bonds is 12. The lowest BCUT2D eigenvalue weighted by Crippen LogP contribution is -2.49. The normalized spacial score (nSPS) is 28.7. The monoisotopic (exact) mass is 780 g/mol. The van der Waals surface area contributed by atoms with Gasteiger partial charge in [-0.15, -0.1) is 0 Å². The molecule has 20 nitrogen and oxygen atoms in total. The summed E-state index contributed by atoms with van der Waals surface area (Å²) in [4.78, 5) is 50.7. The zero-order chi connectivity index (χ0) is 36.1. The molecule has 4 saturated heterocycles. The maximum absolute atomic E-state index is 12.7. The summed E-state index contributed by atoms with van der Waals surface area (Å²) >= 11 is 0. The number of carbonyl (C=O) groups is 4. The van der Waals surface area contributed by atoms with Gasteiger partial charge >= 0.3 is 24.4 Å². The number of hydrogen-bond donors (Lipinski definition) is 4. The van der Waals surface area contributed by atoms with Crippen molar-refractivity contribution in [2.45, 2.75) is 49.9 Å². The van der Waals surface area contributed by atoms with Crippen molar-refractivity contribution in [2.24, 2.45) is 5.41 Å². The van der Waals surface area contributed by atoms with Crippen LogP contribution in [0.5, 0.6) is 0 Å². The lowest BCUT2D eigenvalue weighted by atomic mass is 9.92. The molecule has 280 valence electrons. The molecule has 4 rings (SSSR count). The number of alkyl carbamates (subject to hydrolysis) is 4. The molecule has 49 heavy (non-hydrogen) atoms. The predicted molar refractivity (Wildman–Crippen MR) is 169 cm³/mol. The highest BCUT2D eigenvalue weighted by Crippen LogP contribution is 2.23. The highest BCUT2D eigenvalue weighted by Gasteiger charge is 2.40. The second-order valence-corrected chi connectivity index (χ2v) is 21.7. The maximum Gasteiger partial charge on any atom is 0.407 e. The molecule has 0 bridgehead atoms. The standard InChI is InChI=1S/C25H40N4O16S4/c30-21(26-17-1-5-46(34,35)9-17)42-13-25(14-43-22(31)27-18-2-6-47(36,37)10-18,15-44-23(32)28-19-3-7-48(38,39)11-19)16-45-24(33)29-20-4-8-49(40,41)12-20/h17-20H,1-16H2,(H,26,30)(H,27,31)(H,28,32)(H,29,33). The largest absolute Gasteiger partial charge is 0.449 e. The van der Waals surface area contributed by atoms with Crippen molar-refractivity contribution < 1.29 is 71.8 Å². The van der Waals surface area contributed by atoms with E-state index in [1.165, 1.54) is 0 Å². The fourth-order valence-corrected chi connectivity index (χ4v) is 12.3. The van der Waals surface area contributed by atoms with E-state index in [0.29, 0.717) is 0 Å². The second kappa shape index (κ2) is 15.4. The van der Waals surface area contributed by atoms with Crippen LogP contribution in [0.15, 0.2) is 0 Å². The lowest BCUT2D eigenvalue weighted by Gasteiger charge is -2.32. The molecule has 0 aromatic rings. The Kier molecular flexibility index (Phi) is 12.2. The molecule has 0 aromatic carbocycles. The molecule has 4 aliphatic heterocycles. The quantitative estimate of drug-likeness (QED) is 0.151. The van der Waals surface area contributed by atoms with Gasteiger partial charge in [-0.3, -0.25) is 0 Å². The molecule has 4 fully saturated rings. The molecule has 0 aliphatic carbocycles. The molecule has 4 heterocycles. The van der Waals surface area contributed by atoms with Crippen molar-refractivity contribution >= 4 is 63.7 Å². The Morgan fingerprint density at radius 3 is 0.796 bits per heavy atom. The molecule has 4 N–H and O–H groups in total. The Bertz CT molecular complexity index is 1460. The number of amides is 4. The Labute approximate surface area is 283 Å². The summed E-state index contributed by atoms with van der Waals surface area (Å²) in [6.07, 6.45) is -3.85. The van der Waals surface area contributed by atoms with E-state index in [2.05, 4.69) is 21.3 Å². The van der Waals surface area contributed by atoms with Gasteiger partial charge in [-0.25, -0.2) is 52.8 Å². The molecule has 0 aromatic heterocycles. The molecule has 4 aliphatic rings. The molecule has 4 atom stereocenters. The van der Waals surface area contributed by atoms with Gasteiger partial charge < -0.3 is 40.2 Å². The lowest BCUT2D eigenvalue weighted by molar-refractivity contribution is -0.0495. The van der Waals surface area contributed by atoms with Crippen LogP contribution in [0.25, 0.3) is 0 Å². The van der Waals surface area contributed by atoms with E-state index >= 15 is 0 Å². The van der Waals surface area contributed by atoms with Gasteiger partial charge in [0.05, 0.1) is 46.0 Å². The highest BCUT2D eigenvalue weighted by molar-refractivity contribution is 7.92. The minimum Gasteiger partial charge on any atom is -0.449 e. The zero-order valence-corrected chi connectivity index (χ0v) is 29.6. The third kappa shape index (κ3) is 12.6. The van der Waals surface area contributed by atoms with Crippen LogP contribution in [0.2, 0.25) is 0 Å². The van der Waals surface area contributed by atoms with E-state index < -0.39 is 120 Å². The van der Waals surface area contributed by atoms with E-state index in [1.807, 2.05) is 0 Å². The summed E-state index contributed by atoms with van der Waals surface area (Å²) in [5, 5.41) is 9.59. The number of sulfone groups is 4. The number of hydrogen-bond acceptors (Lipinski definition) is 16. The van der Waals surface area contributed by atoms with Gasteiger partial charge in [-0.2, -0.15) is 0 Å². The average Bonchev–Trinajstić information content (AvgIpc) is 3.72. The second-order valence-electron chi connectivity index (χ2n) is 12.8. The molecule has 0 radical (unpaired) electrons. The molecular weight excluding hydrogens is 741 g/mol. The minimum atomic E-state index is -3.37. The van der Waals surface area contributed by atoms with Crippen LogP contribution in [0, 0.1) is 5.41 Å². The third-order valence-electron chi connectivity index (χ3n) is 8.26. The van der Waals surface area contributed by atoms with Crippen LogP contribution < -0.4 is 21.3 Å². The molecular formula is C25H40N4O16S4. The Hall–Kier alpha value is -3.12. The minimum absolute atomic E-state index is 0.128. The van der Waals surface area contributed by atoms with Gasteiger partial charge in [0.15, 0.2) is 39.3 Å². The summed E-state index contributed by atoms with van der Waals surface area (Å²) in [7, 11) is -13.5. The van der Waals surface area contributed by atoms with E-state index in [0.717, 1.165) is 0 Å². The van der Waals surface area contributed by atoms with Gasteiger partial charge in [0, 0.05) is 24.2 Å². The first kappa shape index (κ1) is 38.7. The molecule has 24 heteroatoms. The first-order valence-corrected chi connectivity index (χ1v) is 22.6. The molecule has 0 saturated carbocycles. The summed E-state index contributed by atoms with van der Waals surface area (Å²) in [5.41, 5.74) is -1.84. The topological polar surface area (TPSA) is 290 Å². The predicted octanol–water partition coefficient (Wildman–Crippen LogP) is -2.37. The number of nitrogens with one attached hydrogen (secondary N) is 4. The van der Waals surface area contributed by atoms with E-state index in [-0.39, 0.29) is 71.7 Å². The van der Waals surface area contributed by atoms with Crippen molar-refractivity contribution in [3.05, 3.63) is 0 Å². The van der Waals surface area contributed by atoms with Crippen molar-refractivity contribution in [3.8, 4) is 0 Å². The van der Waals surface area contributed by atoms with Crippen LogP contribution in [0.3, 0.4) is 0 Å². The van der Waals surface area contributed by atoms with E-state index in [9.17, 15) is 52.8 Å². The van der Waals surface area contributed by atoms with Crippen LogP contribution in [0.4, 0.5) is 19.2 Å². The molecule has 4 amide bonds.